The average molecular weight is 148 g/mol. The molecule has 1 rings (SSSR count). The Bertz CT molecular complexity index is 253. The molecule has 0 aliphatic heterocycles. The van der Waals surface area contributed by atoms with Crippen LogP contribution < -0.4 is 11.1 Å². The maximum Gasteiger partial charge on any atom is 0.0320 e. The van der Waals surface area contributed by atoms with Crippen LogP contribution in [0.4, 0.5) is 5.69 Å². The Morgan fingerprint density at radius 2 is 2.27 bits per heavy atom. The zero-order valence-corrected chi connectivity index (χ0v) is 6.54. The first-order valence-electron chi connectivity index (χ1n) is 3.52. The second-order valence-electron chi connectivity index (χ2n) is 2.29. The highest BCUT2D eigenvalue weighted by Crippen LogP contribution is 2.07. The standard InChI is InChI=1S/C9H12N2/c1-11-6-5-8-3-2-4-9(10)7-8/h2-7,11H,10H2,1H3. The van der Waals surface area contributed by atoms with Crippen LogP contribution in [0.15, 0.2) is 30.5 Å². The number of nitrogens with two attached hydrogens (primary N) is 1. The number of rotatable bonds is 2. The molecule has 0 aromatic heterocycles. The van der Waals surface area contributed by atoms with Gasteiger partial charge in [0.1, 0.15) is 0 Å². The zero-order chi connectivity index (χ0) is 8.10. The van der Waals surface area contributed by atoms with E-state index in [0.717, 1.165) is 11.3 Å². The van der Waals surface area contributed by atoms with Crippen molar-refractivity contribution in [3.8, 4) is 0 Å². The molecule has 0 unspecified atom stereocenters. The van der Waals surface area contributed by atoms with Crippen molar-refractivity contribution < 1.29 is 0 Å². The summed E-state index contributed by atoms with van der Waals surface area (Å²) in [5.41, 5.74) is 7.48. The maximum absolute atomic E-state index is 5.58. The third-order valence-electron chi connectivity index (χ3n) is 1.35. The van der Waals surface area contributed by atoms with E-state index in [-0.39, 0.29) is 0 Å². The van der Waals surface area contributed by atoms with Crippen molar-refractivity contribution >= 4 is 11.8 Å². The predicted octanol–water partition coefficient (Wildman–Crippen LogP) is 1.46. The Kier molecular flexibility index (Phi) is 2.55. The van der Waals surface area contributed by atoms with E-state index in [1.165, 1.54) is 0 Å². The van der Waals surface area contributed by atoms with E-state index in [4.69, 9.17) is 5.73 Å². The second kappa shape index (κ2) is 3.66. The first kappa shape index (κ1) is 7.66. The first-order chi connectivity index (χ1) is 5.33. The summed E-state index contributed by atoms with van der Waals surface area (Å²) < 4.78 is 0. The van der Waals surface area contributed by atoms with E-state index >= 15 is 0 Å². The largest absolute Gasteiger partial charge is 0.399 e. The van der Waals surface area contributed by atoms with Gasteiger partial charge in [0.05, 0.1) is 0 Å². The molecule has 0 radical (unpaired) electrons. The summed E-state index contributed by atoms with van der Waals surface area (Å²) >= 11 is 0. The van der Waals surface area contributed by atoms with Gasteiger partial charge < -0.3 is 11.1 Å². The van der Waals surface area contributed by atoms with Crippen molar-refractivity contribution in [3.05, 3.63) is 36.0 Å². The van der Waals surface area contributed by atoms with Crippen LogP contribution in [-0.4, -0.2) is 7.05 Å². The normalized spacial score (nSPS) is 10.3. The van der Waals surface area contributed by atoms with Crippen molar-refractivity contribution in [1.29, 1.82) is 0 Å². The summed E-state index contributed by atoms with van der Waals surface area (Å²) in [5, 5.41) is 2.91. The van der Waals surface area contributed by atoms with E-state index < -0.39 is 0 Å². The van der Waals surface area contributed by atoms with Crippen LogP contribution >= 0.6 is 0 Å². The number of nitrogens with one attached hydrogen (secondary N) is 1. The van der Waals surface area contributed by atoms with E-state index in [0.29, 0.717) is 0 Å². The molecule has 0 bridgehead atoms. The van der Waals surface area contributed by atoms with Crippen molar-refractivity contribution in [2.45, 2.75) is 0 Å². The highest BCUT2D eigenvalue weighted by Gasteiger charge is 1.85. The summed E-state index contributed by atoms with van der Waals surface area (Å²) in [6, 6.07) is 7.74. The SMILES string of the molecule is CNC=Cc1cccc(N)c1. The van der Waals surface area contributed by atoms with Gasteiger partial charge >= 0.3 is 0 Å². The summed E-state index contributed by atoms with van der Waals surface area (Å²) in [4.78, 5) is 0. The third kappa shape index (κ3) is 2.34. The van der Waals surface area contributed by atoms with Crippen LogP contribution in [0.3, 0.4) is 0 Å². The molecule has 0 saturated heterocycles. The lowest BCUT2D eigenvalue weighted by molar-refractivity contribution is 1.11. The lowest BCUT2D eigenvalue weighted by Crippen LogP contribution is -1.91. The fourth-order valence-electron chi connectivity index (χ4n) is 0.842. The highest BCUT2D eigenvalue weighted by molar-refractivity contribution is 5.55. The number of hydrogen-bond donors (Lipinski definition) is 2. The molecule has 0 fully saturated rings. The second-order valence-corrected chi connectivity index (χ2v) is 2.29. The van der Waals surface area contributed by atoms with E-state index in [2.05, 4.69) is 5.32 Å². The van der Waals surface area contributed by atoms with Gasteiger partial charge in [-0.1, -0.05) is 12.1 Å². The van der Waals surface area contributed by atoms with Crippen molar-refractivity contribution in [2.24, 2.45) is 0 Å². The van der Waals surface area contributed by atoms with Gasteiger partial charge in [0.25, 0.3) is 0 Å². The molecule has 0 aliphatic rings. The Labute approximate surface area is 66.7 Å². The Hall–Kier alpha value is -1.44. The van der Waals surface area contributed by atoms with Gasteiger partial charge in [-0.3, -0.25) is 0 Å². The third-order valence-corrected chi connectivity index (χ3v) is 1.35. The van der Waals surface area contributed by atoms with Gasteiger partial charge in [-0.05, 0) is 30.0 Å². The van der Waals surface area contributed by atoms with Gasteiger partial charge in [-0.2, -0.15) is 0 Å². The molecule has 3 N–H and O–H groups in total. The molecular formula is C9H12N2. The molecule has 2 heteroatoms. The Morgan fingerprint density at radius 3 is 2.91 bits per heavy atom. The van der Waals surface area contributed by atoms with Gasteiger partial charge in [0, 0.05) is 12.7 Å². The predicted molar refractivity (Wildman–Crippen MR) is 48.9 cm³/mol. The van der Waals surface area contributed by atoms with Gasteiger partial charge in [0.2, 0.25) is 0 Å². The lowest BCUT2D eigenvalue weighted by atomic mass is 10.2. The molecule has 0 saturated carbocycles. The lowest BCUT2D eigenvalue weighted by Gasteiger charge is -1.94. The van der Waals surface area contributed by atoms with Gasteiger partial charge in [-0.15, -0.1) is 0 Å². The molecular weight excluding hydrogens is 136 g/mol. The summed E-state index contributed by atoms with van der Waals surface area (Å²) in [6.45, 7) is 0. The number of hydrogen-bond acceptors (Lipinski definition) is 2. The van der Waals surface area contributed by atoms with Crippen molar-refractivity contribution in [1.82, 2.24) is 5.32 Å². The minimum Gasteiger partial charge on any atom is -0.399 e. The number of benzene rings is 1. The molecule has 1 aromatic carbocycles. The molecule has 11 heavy (non-hydrogen) atoms. The minimum atomic E-state index is 0.795. The van der Waals surface area contributed by atoms with E-state index in [9.17, 15) is 0 Å². The fourth-order valence-corrected chi connectivity index (χ4v) is 0.842. The summed E-state index contributed by atoms with van der Waals surface area (Å²) in [5.74, 6) is 0. The van der Waals surface area contributed by atoms with Crippen LogP contribution in [0.2, 0.25) is 0 Å². The quantitative estimate of drug-likeness (QED) is 0.623. The van der Waals surface area contributed by atoms with Crippen LogP contribution in [0, 0.1) is 0 Å². The maximum atomic E-state index is 5.58. The van der Waals surface area contributed by atoms with Gasteiger partial charge in [-0.25, -0.2) is 0 Å². The Balaban J connectivity index is 2.79. The number of anilines is 1. The van der Waals surface area contributed by atoms with E-state index in [1.54, 1.807) is 0 Å². The molecule has 0 spiro atoms. The molecule has 0 amide bonds. The van der Waals surface area contributed by atoms with Crippen molar-refractivity contribution in [2.75, 3.05) is 12.8 Å². The molecule has 58 valence electrons. The summed E-state index contributed by atoms with van der Waals surface area (Å²) in [6.07, 6.45) is 3.84. The zero-order valence-electron chi connectivity index (χ0n) is 6.54. The van der Waals surface area contributed by atoms with Gasteiger partial charge in [0.15, 0.2) is 0 Å². The smallest absolute Gasteiger partial charge is 0.0320 e. The molecule has 0 aliphatic carbocycles. The molecule has 0 atom stereocenters. The van der Waals surface area contributed by atoms with Crippen LogP contribution in [-0.2, 0) is 0 Å². The van der Waals surface area contributed by atoms with Crippen molar-refractivity contribution in [3.63, 3.8) is 0 Å². The molecule has 1 aromatic rings. The molecule has 0 heterocycles. The van der Waals surface area contributed by atoms with E-state index in [1.807, 2.05) is 43.6 Å². The average Bonchev–Trinajstić information content (AvgIpc) is 2.01. The highest BCUT2D eigenvalue weighted by atomic mass is 14.8. The minimum absolute atomic E-state index is 0.795. The van der Waals surface area contributed by atoms with Crippen LogP contribution in [0.5, 0.6) is 0 Å². The van der Waals surface area contributed by atoms with Crippen LogP contribution in [0.25, 0.3) is 6.08 Å². The monoisotopic (exact) mass is 148 g/mol. The van der Waals surface area contributed by atoms with Crippen LogP contribution in [0.1, 0.15) is 5.56 Å². The first-order valence-corrected chi connectivity index (χ1v) is 3.52. The topological polar surface area (TPSA) is 38.0 Å². The summed E-state index contributed by atoms with van der Waals surface area (Å²) in [7, 11) is 1.86. The Morgan fingerprint density at radius 1 is 1.45 bits per heavy atom. The fraction of sp³-hybridized carbons (Fsp3) is 0.111. The number of nitrogen functional groups attached to an aromatic ring is 1. The molecule has 2 nitrogen and oxygen atoms in total.